The molecule has 2 heterocycles. The molecule has 0 radical (unpaired) electrons. The highest BCUT2D eigenvalue weighted by Gasteiger charge is 2.21. The highest BCUT2D eigenvalue weighted by Crippen LogP contribution is 2.24. The Morgan fingerprint density at radius 1 is 1.69 bits per heavy atom. The number of nitrogens with one attached hydrogen (secondary N) is 1. The SMILES string of the molecule is Cc1nc(CNC(C)C2CCOC2)sc1Br. The van der Waals surface area contributed by atoms with Crippen molar-refractivity contribution in [3.05, 3.63) is 14.5 Å². The summed E-state index contributed by atoms with van der Waals surface area (Å²) >= 11 is 5.21. The highest BCUT2D eigenvalue weighted by molar-refractivity contribution is 9.11. The van der Waals surface area contributed by atoms with Gasteiger partial charge in [0.05, 0.1) is 16.1 Å². The minimum Gasteiger partial charge on any atom is -0.381 e. The fourth-order valence-corrected chi connectivity index (χ4v) is 3.26. The van der Waals surface area contributed by atoms with Crippen molar-refractivity contribution in [1.29, 1.82) is 0 Å². The zero-order chi connectivity index (χ0) is 11.5. The number of nitrogens with zero attached hydrogens (tertiary/aromatic N) is 1. The van der Waals surface area contributed by atoms with Gasteiger partial charge in [0, 0.05) is 19.2 Å². The van der Waals surface area contributed by atoms with Crippen LogP contribution < -0.4 is 5.32 Å². The van der Waals surface area contributed by atoms with E-state index >= 15 is 0 Å². The summed E-state index contributed by atoms with van der Waals surface area (Å²) in [7, 11) is 0. The van der Waals surface area contributed by atoms with Crippen molar-refractivity contribution in [3.8, 4) is 0 Å². The van der Waals surface area contributed by atoms with Crippen LogP contribution in [0.1, 0.15) is 24.0 Å². The van der Waals surface area contributed by atoms with Crippen molar-refractivity contribution < 1.29 is 4.74 Å². The Labute approximate surface area is 109 Å². The van der Waals surface area contributed by atoms with E-state index in [0.29, 0.717) is 12.0 Å². The van der Waals surface area contributed by atoms with E-state index in [9.17, 15) is 0 Å². The van der Waals surface area contributed by atoms with Crippen molar-refractivity contribution in [3.63, 3.8) is 0 Å². The second kappa shape index (κ2) is 5.58. The van der Waals surface area contributed by atoms with Crippen molar-refractivity contribution >= 4 is 27.3 Å². The van der Waals surface area contributed by atoms with Gasteiger partial charge in [-0.2, -0.15) is 0 Å². The van der Waals surface area contributed by atoms with Crippen LogP contribution >= 0.6 is 27.3 Å². The molecule has 0 bridgehead atoms. The molecule has 2 rings (SSSR count). The highest BCUT2D eigenvalue weighted by atomic mass is 79.9. The van der Waals surface area contributed by atoms with Gasteiger partial charge in [-0.3, -0.25) is 0 Å². The van der Waals surface area contributed by atoms with Crippen molar-refractivity contribution in [2.24, 2.45) is 5.92 Å². The van der Waals surface area contributed by atoms with Crippen LogP contribution in [0.5, 0.6) is 0 Å². The molecule has 5 heteroatoms. The smallest absolute Gasteiger partial charge is 0.108 e. The molecule has 1 aromatic heterocycles. The van der Waals surface area contributed by atoms with Crippen molar-refractivity contribution in [2.45, 2.75) is 32.9 Å². The Hall–Kier alpha value is 0.0300. The minimum atomic E-state index is 0.505. The lowest BCUT2D eigenvalue weighted by atomic mass is 10.0. The van der Waals surface area contributed by atoms with Gasteiger partial charge in [0.15, 0.2) is 0 Å². The largest absolute Gasteiger partial charge is 0.381 e. The van der Waals surface area contributed by atoms with Crippen LogP contribution in [0.15, 0.2) is 3.79 Å². The molecule has 0 spiro atoms. The predicted molar refractivity (Wildman–Crippen MR) is 69.8 cm³/mol. The zero-order valence-corrected chi connectivity index (χ0v) is 12.0. The van der Waals surface area contributed by atoms with Crippen LogP contribution in [0, 0.1) is 12.8 Å². The number of hydrogen-bond donors (Lipinski definition) is 1. The standard InChI is InChI=1S/C11H17BrN2OS/c1-7(9-3-4-15-6-9)13-5-10-14-8(2)11(12)16-10/h7,9,13H,3-6H2,1-2H3. The second-order valence-electron chi connectivity index (χ2n) is 4.26. The van der Waals surface area contributed by atoms with Crippen LogP contribution in [0.4, 0.5) is 0 Å². The lowest BCUT2D eigenvalue weighted by molar-refractivity contribution is 0.178. The lowest BCUT2D eigenvalue weighted by Gasteiger charge is -2.18. The predicted octanol–water partition coefficient (Wildman–Crippen LogP) is 2.73. The molecular formula is C11H17BrN2OS. The normalized spacial score (nSPS) is 22.6. The van der Waals surface area contributed by atoms with Crippen LogP contribution in [0.3, 0.4) is 0 Å². The molecule has 2 atom stereocenters. The molecule has 1 N–H and O–H groups in total. The van der Waals surface area contributed by atoms with E-state index in [4.69, 9.17) is 4.74 Å². The summed E-state index contributed by atoms with van der Waals surface area (Å²) in [6, 6.07) is 0.505. The van der Waals surface area contributed by atoms with Crippen LogP contribution in [0.25, 0.3) is 0 Å². The van der Waals surface area contributed by atoms with E-state index in [1.54, 1.807) is 11.3 Å². The molecule has 1 aromatic rings. The summed E-state index contributed by atoms with van der Waals surface area (Å²) in [4.78, 5) is 4.49. The topological polar surface area (TPSA) is 34.2 Å². The summed E-state index contributed by atoms with van der Waals surface area (Å²) in [6.07, 6.45) is 1.18. The van der Waals surface area contributed by atoms with Gasteiger partial charge in [-0.25, -0.2) is 4.98 Å². The van der Waals surface area contributed by atoms with E-state index in [2.05, 4.69) is 33.2 Å². The Morgan fingerprint density at radius 2 is 2.50 bits per heavy atom. The number of aromatic nitrogens is 1. The van der Waals surface area contributed by atoms with Crippen LogP contribution in [-0.4, -0.2) is 24.2 Å². The maximum Gasteiger partial charge on any atom is 0.108 e. The summed E-state index contributed by atoms with van der Waals surface area (Å²) in [5, 5.41) is 4.68. The van der Waals surface area contributed by atoms with E-state index in [0.717, 1.165) is 34.2 Å². The fraction of sp³-hybridized carbons (Fsp3) is 0.727. The zero-order valence-electron chi connectivity index (χ0n) is 9.62. The van der Waals surface area contributed by atoms with Crippen molar-refractivity contribution in [2.75, 3.05) is 13.2 Å². The van der Waals surface area contributed by atoms with Gasteiger partial charge in [0.1, 0.15) is 5.01 Å². The minimum absolute atomic E-state index is 0.505. The van der Waals surface area contributed by atoms with Crippen LogP contribution in [0.2, 0.25) is 0 Å². The first-order chi connectivity index (χ1) is 7.66. The molecule has 1 fully saturated rings. The fourth-order valence-electron chi connectivity index (χ4n) is 1.87. The first kappa shape index (κ1) is 12.5. The molecule has 16 heavy (non-hydrogen) atoms. The number of thiazole rings is 1. The van der Waals surface area contributed by atoms with E-state index in [1.807, 2.05) is 6.92 Å². The molecule has 3 nitrogen and oxygen atoms in total. The van der Waals surface area contributed by atoms with Crippen LogP contribution in [-0.2, 0) is 11.3 Å². The maximum absolute atomic E-state index is 5.39. The summed E-state index contributed by atoms with van der Waals surface area (Å²) < 4.78 is 6.53. The number of halogens is 1. The van der Waals surface area contributed by atoms with Gasteiger partial charge >= 0.3 is 0 Å². The number of aryl methyl sites for hydroxylation is 1. The third kappa shape index (κ3) is 3.03. The number of rotatable bonds is 4. The second-order valence-corrected chi connectivity index (χ2v) is 6.66. The monoisotopic (exact) mass is 304 g/mol. The number of ether oxygens (including phenoxy) is 1. The summed E-state index contributed by atoms with van der Waals surface area (Å²) in [5.41, 5.74) is 1.08. The van der Waals surface area contributed by atoms with Gasteiger partial charge in [-0.05, 0) is 42.1 Å². The molecular weight excluding hydrogens is 288 g/mol. The molecule has 0 aromatic carbocycles. The molecule has 1 aliphatic heterocycles. The maximum atomic E-state index is 5.39. The molecule has 90 valence electrons. The van der Waals surface area contributed by atoms with E-state index in [-0.39, 0.29) is 0 Å². The van der Waals surface area contributed by atoms with E-state index < -0.39 is 0 Å². The Morgan fingerprint density at radius 3 is 3.06 bits per heavy atom. The number of hydrogen-bond acceptors (Lipinski definition) is 4. The third-order valence-corrected chi connectivity index (χ3v) is 5.04. The first-order valence-electron chi connectivity index (χ1n) is 5.59. The van der Waals surface area contributed by atoms with Crippen molar-refractivity contribution in [1.82, 2.24) is 10.3 Å². The Kier molecular flexibility index (Phi) is 4.35. The van der Waals surface area contributed by atoms with Gasteiger partial charge in [-0.15, -0.1) is 11.3 Å². The third-order valence-electron chi connectivity index (χ3n) is 3.03. The molecule has 0 saturated carbocycles. The summed E-state index contributed by atoms with van der Waals surface area (Å²) in [5.74, 6) is 0.657. The first-order valence-corrected chi connectivity index (χ1v) is 7.20. The average Bonchev–Trinajstić information content (AvgIpc) is 2.86. The Balaban J connectivity index is 1.82. The molecule has 1 aliphatic rings. The van der Waals surface area contributed by atoms with Gasteiger partial charge in [-0.1, -0.05) is 0 Å². The van der Waals surface area contributed by atoms with E-state index in [1.165, 1.54) is 6.42 Å². The van der Waals surface area contributed by atoms with Gasteiger partial charge in [0.2, 0.25) is 0 Å². The molecule has 0 aliphatic carbocycles. The van der Waals surface area contributed by atoms with Gasteiger partial charge < -0.3 is 10.1 Å². The molecule has 0 amide bonds. The summed E-state index contributed by atoms with van der Waals surface area (Å²) in [6.45, 7) is 6.93. The Bertz CT molecular complexity index is 330. The molecule has 2 unspecified atom stereocenters. The molecule has 1 saturated heterocycles. The average molecular weight is 305 g/mol. The quantitative estimate of drug-likeness (QED) is 0.929. The van der Waals surface area contributed by atoms with Gasteiger partial charge in [0.25, 0.3) is 0 Å². The lowest BCUT2D eigenvalue weighted by Crippen LogP contribution is -2.33.